The van der Waals surface area contributed by atoms with E-state index in [2.05, 4.69) is 10.3 Å². The number of sulfonamides is 1. The summed E-state index contributed by atoms with van der Waals surface area (Å²) in [5, 5.41) is 3.53. The molecule has 1 aromatic heterocycles. The molecule has 6 nitrogen and oxygen atoms in total. The lowest BCUT2D eigenvalue weighted by atomic mass is 9.78. The minimum Gasteiger partial charge on any atom is -0.337 e. The van der Waals surface area contributed by atoms with Gasteiger partial charge in [-0.3, -0.25) is 0 Å². The molecule has 0 aliphatic carbocycles. The molecule has 0 bridgehead atoms. The Balaban J connectivity index is 0.00000161. The van der Waals surface area contributed by atoms with E-state index in [4.69, 9.17) is 0 Å². The predicted molar refractivity (Wildman–Crippen MR) is 83.1 cm³/mol. The van der Waals surface area contributed by atoms with E-state index in [9.17, 15) is 8.42 Å². The van der Waals surface area contributed by atoms with Crippen molar-refractivity contribution < 1.29 is 8.42 Å². The fraction of sp³-hybridized carbons (Fsp3) is 0.769. The Kier molecular flexibility index (Phi) is 4.68. The van der Waals surface area contributed by atoms with E-state index in [1.807, 2.05) is 14.0 Å². The van der Waals surface area contributed by atoms with Crippen molar-refractivity contribution in [2.45, 2.75) is 31.2 Å². The van der Waals surface area contributed by atoms with Gasteiger partial charge in [0.1, 0.15) is 5.82 Å². The number of nitrogens with zero attached hydrogens (tertiary/aromatic N) is 3. The van der Waals surface area contributed by atoms with Crippen molar-refractivity contribution in [1.82, 2.24) is 19.2 Å². The molecule has 0 aromatic carbocycles. The molecule has 1 spiro atoms. The van der Waals surface area contributed by atoms with Crippen LogP contribution in [-0.4, -0.2) is 48.5 Å². The molecule has 2 aliphatic rings. The first kappa shape index (κ1) is 16.7. The number of imidazole rings is 1. The van der Waals surface area contributed by atoms with Crippen LogP contribution in [0.2, 0.25) is 0 Å². The van der Waals surface area contributed by atoms with Crippen LogP contribution in [-0.2, 0) is 17.1 Å². The second-order valence-electron chi connectivity index (χ2n) is 6.08. The highest BCUT2D eigenvalue weighted by molar-refractivity contribution is 7.89. The van der Waals surface area contributed by atoms with E-state index in [1.54, 1.807) is 15.1 Å². The standard InChI is InChI=1S/C13H22N4O2S.ClH/c1-11-15-12(9-16(11)2)20(18,19)17-8-5-13(10-17)3-6-14-7-4-13;/h9,14H,3-8,10H2,1-2H3;1H. The SMILES string of the molecule is Cc1nc(S(=O)(=O)N2CCC3(CCNCC3)C2)cn1C.Cl. The molecule has 1 N–H and O–H groups in total. The van der Waals surface area contributed by atoms with E-state index >= 15 is 0 Å². The lowest BCUT2D eigenvalue weighted by Gasteiger charge is -2.33. The lowest BCUT2D eigenvalue weighted by Crippen LogP contribution is -2.39. The molecule has 0 radical (unpaired) electrons. The third-order valence-electron chi connectivity index (χ3n) is 4.76. The minimum absolute atomic E-state index is 0. The van der Waals surface area contributed by atoms with Gasteiger partial charge in [-0.1, -0.05) is 0 Å². The number of nitrogens with one attached hydrogen (secondary N) is 1. The monoisotopic (exact) mass is 334 g/mol. The maximum atomic E-state index is 12.7. The van der Waals surface area contributed by atoms with Gasteiger partial charge in [0.15, 0.2) is 5.03 Å². The van der Waals surface area contributed by atoms with Crippen molar-refractivity contribution in [2.24, 2.45) is 12.5 Å². The average molecular weight is 335 g/mol. The van der Waals surface area contributed by atoms with Gasteiger partial charge in [0, 0.05) is 26.3 Å². The van der Waals surface area contributed by atoms with Crippen molar-refractivity contribution in [3.63, 3.8) is 0 Å². The molecule has 8 heteroatoms. The lowest BCUT2D eigenvalue weighted by molar-refractivity contribution is 0.218. The summed E-state index contributed by atoms with van der Waals surface area (Å²) in [4.78, 5) is 4.18. The van der Waals surface area contributed by atoms with Gasteiger partial charge in [-0.05, 0) is 44.7 Å². The molecule has 2 aliphatic heterocycles. The summed E-state index contributed by atoms with van der Waals surface area (Å²) in [7, 11) is -1.62. The largest absolute Gasteiger partial charge is 0.337 e. The maximum absolute atomic E-state index is 12.7. The van der Waals surface area contributed by atoms with Crippen molar-refractivity contribution in [3.8, 4) is 0 Å². The number of hydrogen-bond acceptors (Lipinski definition) is 4. The van der Waals surface area contributed by atoms with Crippen molar-refractivity contribution in [1.29, 1.82) is 0 Å². The van der Waals surface area contributed by atoms with Crippen LogP contribution in [0, 0.1) is 12.3 Å². The topological polar surface area (TPSA) is 67.2 Å². The second-order valence-corrected chi connectivity index (χ2v) is 7.96. The summed E-state index contributed by atoms with van der Waals surface area (Å²) in [6.45, 7) is 5.08. The molecule has 3 heterocycles. The minimum atomic E-state index is -3.43. The molecular formula is C13H23ClN4O2S. The summed E-state index contributed by atoms with van der Waals surface area (Å²) < 4.78 is 28.7. The van der Waals surface area contributed by atoms with E-state index in [0.717, 1.165) is 38.2 Å². The van der Waals surface area contributed by atoms with Gasteiger partial charge in [-0.15, -0.1) is 12.4 Å². The zero-order valence-corrected chi connectivity index (χ0v) is 14.1. The summed E-state index contributed by atoms with van der Waals surface area (Å²) >= 11 is 0. The van der Waals surface area contributed by atoms with Crippen LogP contribution in [0.4, 0.5) is 0 Å². The van der Waals surface area contributed by atoms with Crippen LogP contribution >= 0.6 is 12.4 Å². The van der Waals surface area contributed by atoms with Crippen molar-refractivity contribution >= 4 is 22.4 Å². The Morgan fingerprint density at radius 2 is 1.95 bits per heavy atom. The van der Waals surface area contributed by atoms with E-state index in [1.165, 1.54) is 0 Å². The quantitative estimate of drug-likeness (QED) is 0.873. The molecule has 21 heavy (non-hydrogen) atoms. The van der Waals surface area contributed by atoms with Crippen LogP contribution < -0.4 is 5.32 Å². The van der Waals surface area contributed by atoms with E-state index in [0.29, 0.717) is 13.1 Å². The van der Waals surface area contributed by atoms with Gasteiger partial charge in [0.25, 0.3) is 10.0 Å². The molecule has 0 unspecified atom stereocenters. The zero-order chi connectivity index (χ0) is 14.4. The smallest absolute Gasteiger partial charge is 0.262 e. The van der Waals surface area contributed by atoms with Crippen LogP contribution in [0.3, 0.4) is 0 Å². The molecule has 3 rings (SSSR count). The van der Waals surface area contributed by atoms with Gasteiger partial charge in [-0.2, -0.15) is 4.31 Å². The Morgan fingerprint density at radius 1 is 1.29 bits per heavy atom. The van der Waals surface area contributed by atoms with Gasteiger partial charge < -0.3 is 9.88 Å². The Morgan fingerprint density at radius 3 is 2.52 bits per heavy atom. The Hall–Kier alpha value is -0.630. The van der Waals surface area contributed by atoms with Crippen LogP contribution in [0.15, 0.2) is 11.2 Å². The zero-order valence-electron chi connectivity index (χ0n) is 12.5. The maximum Gasteiger partial charge on any atom is 0.262 e. The number of rotatable bonds is 2. The van der Waals surface area contributed by atoms with E-state index in [-0.39, 0.29) is 22.8 Å². The highest BCUT2D eigenvalue weighted by Crippen LogP contribution is 2.40. The third-order valence-corrected chi connectivity index (χ3v) is 6.48. The van der Waals surface area contributed by atoms with Gasteiger partial charge >= 0.3 is 0 Å². The van der Waals surface area contributed by atoms with Crippen molar-refractivity contribution in [2.75, 3.05) is 26.2 Å². The number of aromatic nitrogens is 2. The molecule has 120 valence electrons. The summed E-state index contributed by atoms with van der Waals surface area (Å²) in [5.41, 5.74) is 0.183. The molecule has 0 atom stereocenters. The highest BCUT2D eigenvalue weighted by Gasteiger charge is 2.43. The molecule has 0 amide bonds. The first-order chi connectivity index (χ1) is 9.43. The molecular weight excluding hydrogens is 312 g/mol. The molecule has 1 aromatic rings. The van der Waals surface area contributed by atoms with E-state index < -0.39 is 10.0 Å². The van der Waals surface area contributed by atoms with Gasteiger partial charge in [0.05, 0.1) is 0 Å². The summed E-state index contributed by atoms with van der Waals surface area (Å²) in [5.74, 6) is 0.722. The predicted octanol–water partition coefficient (Wildman–Crippen LogP) is 0.915. The van der Waals surface area contributed by atoms with Gasteiger partial charge in [0.2, 0.25) is 0 Å². The molecule has 2 fully saturated rings. The first-order valence-corrected chi connectivity index (χ1v) is 8.58. The second kappa shape index (κ2) is 5.87. The fourth-order valence-electron chi connectivity index (χ4n) is 3.25. The number of aryl methyl sites for hydroxylation is 2. The highest BCUT2D eigenvalue weighted by atomic mass is 35.5. The third kappa shape index (κ3) is 2.97. The average Bonchev–Trinajstić information content (AvgIpc) is 2.97. The van der Waals surface area contributed by atoms with Crippen LogP contribution in [0.25, 0.3) is 0 Å². The first-order valence-electron chi connectivity index (χ1n) is 7.14. The number of piperidine rings is 1. The van der Waals surface area contributed by atoms with Crippen molar-refractivity contribution in [3.05, 3.63) is 12.0 Å². The number of halogens is 1. The molecule has 2 saturated heterocycles. The number of hydrogen-bond donors (Lipinski definition) is 1. The molecule has 0 saturated carbocycles. The summed E-state index contributed by atoms with van der Waals surface area (Å²) in [6, 6.07) is 0. The van der Waals surface area contributed by atoms with Crippen LogP contribution in [0.1, 0.15) is 25.1 Å². The summed E-state index contributed by atoms with van der Waals surface area (Å²) in [6.07, 6.45) is 4.72. The Labute approximate surface area is 132 Å². The Bertz CT molecular complexity index is 588. The normalized spacial score (nSPS) is 22.4. The van der Waals surface area contributed by atoms with Gasteiger partial charge in [-0.25, -0.2) is 13.4 Å². The fourth-order valence-corrected chi connectivity index (χ4v) is 4.83. The van der Waals surface area contributed by atoms with Crippen LogP contribution in [0.5, 0.6) is 0 Å².